The number of carbonyl (C=O) groups is 1. The Bertz CT molecular complexity index is 1530. The van der Waals surface area contributed by atoms with Crippen molar-refractivity contribution in [1.82, 2.24) is 14.4 Å². The molecular weight excluding hydrogens is 403 g/mol. The van der Waals surface area contributed by atoms with Crippen LogP contribution in [0.3, 0.4) is 0 Å². The first-order valence-electron chi connectivity index (χ1n) is 10.0. The van der Waals surface area contributed by atoms with Gasteiger partial charge in [0.05, 0.1) is 27.8 Å². The number of aromatic nitrogens is 3. The van der Waals surface area contributed by atoms with Crippen LogP contribution in [0.15, 0.2) is 72.9 Å². The van der Waals surface area contributed by atoms with Crippen LogP contribution in [0, 0.1) is 24.1 Å². The summed E-state index contributed by atoms with van der Waals surface area (Å²) in [4.78, 5) is 21.0. The fourth-order valence-electron chi connectivity index (χ4n) is 3.94. The molecule has 0 aliphatic carbocycles. The predicted molar refractivity (Wildman–Crippen MR) is 122 cm³/mol. The topological polar surface area (TPSA) is 73.9 Å². The van der Waals surface area contributed by atoms with Crippen molar-refractivity contribution in [3.8, 4) is 6.07 Å². The van der Waals surface area contributed by atoms with Crippen LogP contribution in [-0.4, -0.2) is 20.2 Å². The summed E-state index contributed by atoms with van der Waals surface area (Å²) in [6.07, 6.45) is 3.56. The molecule has 0 aliphatic heterocycles. The molecule has 0 spiro atoms. The van der Waals surface area contributed by atoms with Crippen molar-refractivity contribution in [2.45, 2.75) is 6.92 Å². The Morgan fingerprint density at radius 3 is 2.59 bits per heavy atom. The zero-order chi connectivity index (χ0) is 22.2. The summed E-state index contributed by atoms with van der Waals surface area (Å²) in [5, 5.41) is 9.86. The molecule has 32 heavy (non-hydrogen) atoms. The molecule has 6 heteroatoms. The van der Waals surface area contributed by atoms with Crippen LogP contribution in [-0.2, 0) is 0 Å². The SMILES string of the molecule is Cc1c(C=C(C#N)c2nc3ccccc3[nH]2)c2ccccn2c1C(=O)c1ccc(F)cc1. The number of allylic oxidation sites excluding steroid dienone is 1. The van der Waals surface area contributed by atoms with E-state index in [2.05, 4.69) is 16.0 Å². The Hall–Kier alpha value is -4.50. The van der Waals surface area contributed by atoms with Crippen molar-refractivity contribution >= 4 is 34.0 Å². The number of nitrogens with zero attached hydrogens (tertiary/aromatic N) is 3. The largest absolute Gasteiger partial charge is 0.337 e. The van der Waals surface area contributed by atoms with Gasteiger partial charge in [-0.25, -0.2) is 9.37 Å². The van der Waals surface area contributed by atoms with Gasteiger partial charge in [0, 0.05) is 17.3 Å². The molecule has 5 rings (SSSR count). The van der Waals surface area contributed by atoms with Gasteiger partial charge in [0.2, 0.25) is 5.78 Å². The van der Waals surface area contributed by atoms with Crippen LogP contribution in [0.4, 0.5) is 4.39 Å². The van der Waals surface area contributed by atoms with Crippen LogP contribution in [0.2, 0.25) is 0 Å². The predicted octanol–water partition coefficient (Wildman–Crippen LogP) is 5.56. The zero-order valence-corrected chi connectivity index (χ0v) is 17.1. The van der Waals surface area contributed by atoms with E-state index in [4.69, 9.17) is 0 Å². The Morgan fingerprint density at radius 2 is 1.84 bits per heavy atom. The van der Waals surface area contributed by atoms with E-state index in [9.17, 15) is 14.4 Å². The smallest absolute Gasteiger partial charge is 0.210 e. The normalized spacial score (nSPS) is 11.7. The van der Waals surface area contributed by atoms with E-state index in [-0.39, 0.29) is 5.78 Å². The second-order valence-corrected chi connectivity index (χ2v) is 7.45. The van der Waals surface area contributed by atoms with Gasteiger partial charge in [-0.15, -0.1) is 0 Å². The van der Waals surface area contributed by atoms with E-state index >= 15 is 0 Å². The van der Waals surface area contributed by atoms with Crippen LogP contribution < -0.4 is 0 Å². The van der Waals surface area contributed by atoms with Crippen molar-refractivity contribution in [2.75, 3.05) is 0 Å². The summed E-state index contributed by atoms with van der Waals surface area (Å²) in [6, 6.07) is 20.9. The first-order valence-corrected chi connectivity index (χ1v) is 10.0. The third-order valence-corrected chi connectivity index (χ3v) is 5.51. The Labute approximate surface area is 183 Å². The summed E-state index contributed by atoms with van der Waals surface area (Å²) < 4.78 is 15.2. The van der Waals surface area contributed by atoms with Gasteiger partial charge in [-0.2, -0.15) is 5.26 Å². The first-order chi connectivity index (χ1) is 15.6. The number of hydrogen-bond acceptors (Lipinski definition) is 3. The third kappa shape index (κ3) is 3.17. The number of para-hydroxylation sites is 2. The lowest BCUT2D eigenvalue weighted by molar-refractivity contribution is 0.103. The minimum atomic E-state index is -0.397. The molecule has 0 aliphatic rings. The molecule has 0 saturated heterocycles. The molecule has 0 saturated carbocycles. The lowest BCUT2D eigenvalue weighted by atomic mass is 10.0. The van der Waals surface area contributed by atoms with Gasteiger partial charge in [-0.1, -0.05) is 18.2 Å². The highest BCUT2D eigenvalue weighted by atomic mass is 19.1. The van der Waals surface area contributed by atoms with Gasteiger partial charge in [0.1, 0.15) is 17.7 Å². The number of H-pyrrole nitrogens is 1. The highest BCUT2D eigenvalue weighted by Gasteiger charge is 2.21. The Balaban J connectivity index is 1.69. The standard InChI is InChI=1S/C26H17FN4O/c1-16-20(14-18(15-28)26-29-21-6-2-3-7-22(21)30-26)23-8-4-5-13-31(23)24(16)25(32)17-9-11-19(27)12-10-17/h2-14H,1H3,(H,29,30). The van der Waals surface area contributed by atoms with Crippen LogP contribution in [0.1, 0.15) is 33.0 Å². The molecule has 1 N–H and O–H groups in total. The summed E-state index contributed by atoms with van der Waals surface area (Å²) in [7, 11) is 0. The number of aromatic amines is 1. The molecule has 5 aromatic rings. The number of benzene rings is 2. The average Bonchev–Trinajstić information content (AvgIpc) is 3.36. The lowest BCUT2D eigenvalue weighted by Crippen LogP contribution is -2.06. The van der Waals surface area contributed by atoms with E-state index in [1.54, 1.807) is 10.5 Å². The number of rotatable bonds is 4. The van der Waals surface area contributed by atoms with Gasteiger partial charge in [0.15, 0.2) is 0 Å². The molecule has 0 radical (unpaired) electrons. The second-order valence-electron chi connectivity index (χ2n) is 7.45. The molecule has 0 atom stereocenters. The van der Waals surface area contributed by atoms with Crippen molar-refractivity contribution in [2.24, 2.45) is 0 Å². The number of carbonyl (C=O) groups excluding carboxylic acids is 1. The van der Waals surface area contributed by atoms with E-state index in [1.165, 1.54) is 24.3 Å². The molecule has 0 bridgehead atoms. The van der Waals surface area contributed by atoms with Gasteiger partial charge in [-0.05, 0) is 67.1 Å². The van der Waals surface area contributed by atoms with Crippen molar-refractivity contribution in [3.05, 3.63) is 107 Å². The van der Waals surface area contributed by atoms with E-state index < -0.39 is 5.82 Å². The maximum Gasteiger partial charge on any atom is 0.210 e. The zero-order valence-electron chi connectivity index (χ0n) is 17.1. The summed E-state index contributed by atoms with van der Waals surface area (Å²) in [5.41, 5.74) is 5.12. The van der Waals surface area contributed by atoms with Crippen LogP contribution in [0.25, 0.3) is 28.2 Å². The van der Waals surface area contributed by atoms with E-state index in [0.29, 0.717) is 22.7 Å². The third-order valence-electron chi connectivity index (χ3n) is 5.51. The second kappa shape index (κ2) is 7.64. The Morgan fingerprint density at radius 1 is 1.09 bits per heavy atom. The molecule has 2 aromatic carbocycles. The number of halogens is 1. The van der Waals surface area contributed by atoms with E-state index in [0.717, 1.165) is 27.7 Å². The summed E-state index contributed by atoms with van der Waals surface area (Å²) in [5.74, 6) is -0.146. The fourth-order valence-corrected chi connectivity index (χ4v) is 3.94. The van der Waals surface area contributed by atoms with Crippen molar-refractivity contribution in [3.63, 3.8) is 0 Å². The number of nitriles is 1. The quantitative estimate of drug-likeness (QED) is 0.306. The number of ketones is 1. The van der Waals surface area contributed by atoms with E-state index in [1.807, 2.05) is 55.6 Å². The number of imidazole rings is 1. The highest BCUT2D eigenvalue weighted by Crippen LogP contribution is 2.29. The molecule has 154 valence electrons. The maximum atomic E-state index is 13.3. The van der Waals surface area contributed by atoms with Gasteiger partial charge < -0.3 is 9.38 Å². The number of fused-ring (bicyclic) bond motifs is 2. The van der Waals surface area contributed by atoms with Crippen LogP contribution >= 0.6 is 0 Å². The van der Waals surface area contributed by atoms with Crippen molar-refractivity contribution < 1.29 is 9.18 Å². The fraction of sp³-hybridized carbons (Fsp3) is 0.0385. The number of hydrogen-bond donors (Lipinski definition) is 1. The monoisotopic (exact) mass is 420 g/mol. The van der Waals surface area contributed by atoms with Crippen LogP contribution in [0.5, 0.6) is 0 Å². The molecule has 0 amide bonds. The number of nitrogens with one attached hydrogen (secondary N) is 1. The molecule has 3 heterocycles. The number of pyridine rings is 1. The average molecular weight is 420 g/mol. The molecule has 0 fully saturated rings. The minimum absolute atomic E-state index is 0.217. The maximum absolute atomic E-state index is 13.3. The Kier molecular flexibility index (Phi) is 4.65. The first kappa shape index (κ1) is 19.5. The van der Waals surface area contributed by atoms with Gasteiger partial charge >= 0.3 is 0 Å². The van der Waals surface area contributed by atoms with Gasteiger partial charge in [0.25, 0.3) is 0 Å². The molecule has 5 nitrogen and oxygen atoms in total. The summed E-state index contributed by atoms with van der Waals surface area (Å²) in [6.45, 7) is 1.85. The summed E-state index contributed by atoms with van der Waals surface area (Å²) >= 11 is 0. The highest BCUT2D eigenvalue weighted by molar-refractivity contribution is 6.11. The minimum Gasteiger partial charge on any atom is -0.337 e. The molecule has 0 unspecified atom stereocenters. The molecular formula is C26H17FN4O. The van der Waals surface area contributed by atoms with Crippen molar-refractivity contribution in [1.29, 1.82) is 5.26 Å². The lowest BCUT2D eigenvalue weighted by Gasteiger charge is -2.04. The van der Waals surface area contributed by atoms with Gasteiger partial charge in [-0.3, -0.25) is 4.79 Å². The molecule has 3 aromatic heterocycles.